The fraction of sp³-hybridized carbons (Fsp3) is 0.625. The van der Waals surface area contributed by atoms with E-state index in [0.717, 1.165) is 28.4 Å². The number of hydrogen-bond acceptors (Lipinski definition) is 5. The van der Waals surface area contributed by atoms with Crippen LogP contribution in [0.3, 0.4) is 0 Å². The van der Waals surface area contributed by atoms with Gasteiger partial charge in [0.25, 0.3) is 0 Å². The van der Waals surface area contributed by atoms with Crippen LogP contribution in [-0.2, 0) is 11.3 Å². The first kappa shape index (κ1) is 14.7. The van der Waals surface area contributed by atoms with Crippen molar-refractivity contribution in [2.45, 2.75) is 52.2 Å². The van der Waals surface area contributed by atoms with E-state index in [4.69, 9.17) is 4.74 Å². The lowest BCUT2D eigenvalue weighted by atomic mass is 9.88. The fourth-order valence-corrected chi connectivity index (χ4v) is 3.76. The molecule has 0 radical (unpaired) electrons. The highest BCUT2D eigenvalue weighted by atomic mass is 32.1. The molecule has 2 heterocycles. The number of aromatic nitrogens is 2. The third-order valence-corrected chi connectivity index (χ3v) is 4.98. The Labute approximate surface area is 129 Å². The number of nitrogens with one attached hydrogen (secondary N) is 1. The normalized spacial score (nSPS) is 22.6. The molecule has 0 aliphatic heterocycles. The molecule has 0 aromatic carbocycles. The molecule has 0 amide bonds. The van der Waals surface area contributed by atoms with Gasteiger partial charge >= 0.3 is 0 Å². The van der Waals surface area contributed by atoms with Gasteiger partial charge < -0.3 is 10.1 Å². The van der Waals surface area contributed by atoms with E-state index in [1.54, 1.807) is 11.3 Å². The number of hydrogen-bond donors (Lipinski definition) is 1. The van der Waals surface area contributed by atoms with Crippen molar-refractivity contribution in [2.24, 2.45) is 5.92 Å². The Bertz CT molecular complexity index is 598. The van der Waals surface area contributed by atoms with Crippen molar-refractivity contribution in [3.05, 3.63) is 17.3 Å². The fourth-order valence-electron chi connectivity index (χ4n) is 2.98. The average molecular weight is 305 g/mol. The topological polar surface area (TPSA) is 47.0 Å². The van der Waals surface area contributed by atoms with Crippen molar-refractivity contribution in [1.82, 2.24) is 9.97 Å². The molecule has 2 unspecified atom stereocenters. The second-order valence-corrected chi connectivity index (χ2v) is 6.66. The van der Waals surface area contributed by atoms with Crippen molar-refractivity contribution in [1.29, 1.82) is 0 Å². The molecule has 3 rings (SSSR count). The molecule has 1 saturated carbocycles. The molecule has 0 spiro atoms. The Morgan fingerprint density at radius 2 is 2.19 bits per heavy atom. The molecule has 2 atom stereocenters. The van der Waals surface area contributed by atoms with Crippen LogP contribution in [0.1, 0.15) is 45.4 Å². The van der Waals surface area contributed by atoms with Crippen LogP contribution in [-0.4, -0.2) is 22.6 Å². The molecule has 2 aromatic rings. The van der Waals surface area contributed by atoms with Gasteiger partial charge in [-0.25, -0.2) is 9.97 Å². The number of nitrogens with zero attached hydrogens (tertiary/aromatic N) is 2. The van der Waals surface area contributed by atoms with Crippen LogP contribution in [0.5, 0.6) is 0 Å². The maximum absolute atomic E-state index is 6.09. The van der Waals surface area contributed by atoms with E-state index >= 15 is 0 Å². The van der Waals surface area contributed by atoms with E-state index in [2.05, 4.69) is 40.6 Å². The Morgan fingerprint density at radius 1 is 1.33 bits per heavy atom. The third-order valence-electron chi connectivity index (χ3n) is 4.17. The molecule has 5 heteroatoms. The molecular weight excluding hydrogens is 282 g/mol. The summed E-state index contributed by atoms with van der Waals surface area (Å²) in [6.45, 7) is 5.75. The van der Waals surface area contributed by atoms with E-state index < -0.39 is 0 Å². The zero-order chi connectivity index (χ0) is 14.7. The Hall–Kier alpha value is -1.20. The summed E-state index contributed by atoms with van der Waals surface area (Å²) in [4.78, 5) is 10.3. The Balaban J connectivity index is 1.74. The smallest absolute Gasteiger partial charge is 0.158 e. The lowest BCUT2D eigenvalue weighted by Gasteiger charge is -2.28. The molecule has 2 aromatic heterocycles. The van der Waals surface area contributed by atoms with E-state index in [1.165, 1.54) is 25.7 Å². The van der Waals surface area contributed by atoms with E-state index in [0.29, 0.717) is 18.6 Å². The van der Waals surface area contributed by atoms with Gasteiger partial charge in [-0.1, -0.05) is 19.8 Å². The van der Waals surface area contributed by atoms with Crippen LogP contribution in [0.2, 0.25) is 0 Å². The van der Waals surface area contributed by atoms with Gasteiger partial charge in [0, 0.05) is 6.54 Å². The van der Waals surface area contributed by atoms with Gasteiger partial charge in [-0.2, -0.15) is 0 Å². The number of thiophene rings is 1. The van der Waals surface area contributed by atoms with E-state index in [1.807, 2.05) is 0 Å². The molecule has 1 aliphatic rings. The molecule has 1 aliphatic carbocycles. The number of rotatable bonds is 5. The maximum Gasteiger partial charge on any atom is 0.158 e. The Morgan fingerprint density at radius 3 is 3.00 bits per heavy atom. The van der Waals surface area contributed by atoms with Crippen molar-refractivity contribution in [2.75, 3.05) is 11.9 Å². The summed E-state index contributed by atoms with van der Waals surface area (Å²) in [6, 6.07) is 2.08. The highest BCUT2D eigenvalue weighted by Gasteiger charge is 2.22. The van der Waals surface area contributed by atoms with Crippen LogP contribution >= 0.6 is 11.3 Å². The summed E-state index contributed by atoms with van der Waals surface area (Å²) < 4.78 is 6.09. The van der Waals surface area contributed by atoms with Gasteiger partial charge in [-0.3, -0.25) is 0 Å². The lowest BCUT2D eigenvalue weighted by molar-refractivity contribution is -0.0180. The predicted octanol–water partition coefficient (Wildman–Crippen LogP) is 4.22. The summed E-state index contributed by atoms with van der Waals surface area (Å²) >= 11 is 1.66. The van der Waals surface area contributed by atoms with Gasteiger partial charge in [0.2, 0.25) is 0 Å². The molecule has 0 saturated heterocycles. The van der Waals surface area contributed by atoms with Crippen molar-refractivity contribution >= 4 is 27.4 Å². The largest absolute Gasteiger partial charge is 0.370 e. The number of fused-ring (bicyclic) bond motifs is 1. The van der Waals surface area contributed by atoms with Crippen LogP contribution in [0.15, 0.2) is 11.4 Å². The van der Waals surface area contributed by atoms with Crippen molar-refractivity contribution in [3.63, 3.8) is 0 Å². The summed E-state index contributed by atoms with van der Waals surface area (Å²) in [7, 11) is 0. The molecule has 4 nitrogen and oxygen atoms in total. The first-order valence-electron chi connectivity index (χ1n) is 7.87. The highest BCUT2D eigenvalue weighted by Crippen LogP contribution is 2.28. The van der Waals surface area contributed by atoms with Crippen LogP contribution < -0.4 is 5.32 Å². The average Bonchev–Trinajstić information content (AvgIpc) is 2.95. The molecule has 21 heavy (non-hydrogen) atoms. The highest BCUT2D eigenvalue weighted by molar-refractivity contribution is 7.16. The minimum absolute atomic E-state index is 0.365. The van der Waals surface area contributed by atoms with Gasteiger partial charge in [-0.15, -0.1) is 11.3 Å². The van der Waals surface area contributed by atoms with E-state index in [-0.39, 0.29) is 0 Å². The third kappa shape index (κ3) is 3.35. The molecule has 1 fully saturated rings. The SMILES string of the molecule is CCNc1nc(COC2CCCCC2C)nc2sccc12. The van der Waals surface area contributed by atoms with E-state index in [9.17, 15) is 0 Å². The van der Waals surface area contributed by atoms with Gasteiger partial charge in [0.15, 0.2) is 5.82 Å². The van der Waals surface area contributed by atoms with Gasteiger partial charge in [0.1, 0.15) is 17.3 Å². The van der Waals surface area contributed by atoms with Crippen LogP contribution in [0, 0.1) is 5.92 Å². The molecular formula is C16H23N3OS. The summed E-state index contributed by atoms with van der Waals surface area (Å²) in [5, 5.41) is 6.50. The number of anilines is 1. The van der Waals surface area contributed by atoms with Gasteiger partial charge in [0.05, 0.1) is 11.5 Å². The standard InChI is InChI=1S/C16H23N3OS/c1-3-17-15-12-8-9-21-16(12)19-14(18-15)10-20-13-7-5-4-6-11(13)2/h8-9,11,13H,3-7,10H2,1-2H3,(H,17,18,19). The zero-order valence-corrected chi connectivity index (χ0v) is 13.6. The van der Waals surface area contributed by atoms with Crippen molar-refractivity contribution < 1.29 is 4.74 Å². The lowest BCUT2D eigenvalue weighted by Crippen LogP contribution is -2.25. The second-order valence-electron chi connectivity index (χ2n) is 5.77. The molecule has 114 valence electrons. The van der Waals surface area contributed by atoms with Gasteiger partial charge in [-0.05, 0) is 37.1 Å². The van der Waals surface area contributed by atoms with Crippen LogP contribution in [0.25, 0.3) is 10.2 Å². The quantitative estimate of drug-likeness (QED) is 0.898. The Kier molecular flexibility index (Phi) is 4.70. The monoisotopic (exact) mass is 305 g/mol. The second kappa shape index (κ2) is 6.71. The zero-order valence-electron chi connectivity index (χ0n) is 12.8. The summed E-state index contributed by atoms with van der Waals surface area (Å²) in [5.74, 6) is 2.37. The van der Waals surface area contributed by atoms with Crippen molar-refractivity contribution in [3.8, 4) is 0 Å². The first-order chi connectivity index (χ1) is 10.3. The maximum atomic E-state index is 6.09. The predicted molar refractivity (Wildman–Crippen MR) is 87.8 cm³/mol. The number of ether oxygens (including phenoxy) is 1. The minimum atomic E-state index is 0.365. The summed E-state index contributed by atoms with van der Waals surface area (Å²) in [5.41, 5.74) is 0. The summed E-state index contributed by atoms with van der Waals surface area (Å²) in [6.07, 6.45) is 5.43. The first-order valence-corrected chi connectivity index (χ1v) is 8.75. The molecule has 1 N–H and O–H groups in total. The van der Waals surface area contributed by atoms with Crippen LogP contribution in [0.4, 0.5) is 5.82 Å². The molecule has 0 bridgehead atoms. The minimum Gasteiger partial charge on any atom is -0.370 e.